The minimum absolute atomic E-state index is 0.0613. The molecule has 0 saturated heterocycles. The van der Waals surface area contributed by atoms with E-state index in [0.29, 0.717) is 17.1 Å². The third kappa shape index (κ3) is 5.27. The average molecular weight is 427 g/mol. The smallest absolute Gasteiger partial charge is 0.262 e. The first-order valence-electron chi connectivity index (χ1n) is 9.82. The van der Waals surface area contributed by atoms with Crippen LogP contribution in [0.25, 0.3) is 0 Å². The molecule has 1 aromatic heterocycles. The van der Waals surface area contributed by atoms with Gasteiger partial charge in [-0.25, -0.2) is 8.42 Å². The van der Waals surface area contributed by atoms with Crippen LogP contribution in [0, 0.1) is 6.92 Å². The number of aromatic nitrogens is 2. The molecular formula is C22H26N4O3S. The Labute approximate surface area is 177 Å². The van der Waals surface area contributed by atoms with Crippen molar-refractivity contribution in [2.45, 2.75) is 38.0 Å². The first kappa shape index (κ1) is 21.6. The van der Waals surface area contributed by atoms with E-state index in [2.05, 4.69) is 22.1 Å². The van der Waals surface area contributed by atoms with Crippen LogP contribution in [0.15, 0.2) is 59.6 Å². The SMILES string of the molecule is CCCCc1ccc(NS(=O)(=O)c2cc(C(=O)Nc3ccn(C)n3)ccc2C)cc1. The number of sulfonamides is 1. The summed E-state index contributed by atoms with van der Waals surface area (Å²) in [4.78, 5) is 12.6. The highest BCUT2D eigenvalue weighted by Crippen LogP contribution is 2.22. The zero-order valence-corrected chi connectivity index (χ0v) is 18.2. The summed E-state index contributed by atoms with van der Waals surface area (Å²) in [5.74, 6) is -0.0285. The molecule has 0 unspecified atom stereocenters. The van der Waals surface area contributed by atoms with E-state index in [1.54, 1.807) is 55.2 Å². The fraction of sp³-hybridized carbons (Fsp3) is 0.273. The van der Waals surface area contributed by atoms with Crippen molar-refractivity contribution in [2.75, 3.05) is 10.0 Å². The molecule has 0 radical (unpaired) electrons. The van der Waals surface area contributed by atoms with Gasteiger partial charge in [-0.15, -0.1) is 0 Å². The maximum absolute atomic E-state index is 13.0. The molecule has 0 aliphatic heterocycles. The van der Waals surface area contributed by atoms with Crippen molar-refractivity contribution in [1.29, 1.82) is 0 Å². The van der Waals surface area contributed by atoms with E-state index in [-0.39, 0.29) is 10.5 Å². The van der Waals surface area contributed by atoms with Crippen LogP contribution in [0.1, 0.15) is 41.3 Å². The molecule has 3 aromatic rings. The second kappa shape index (κ2) is 9.13. The first-order chi connectivity index (χ1) is 14.3. The number of carbonyl (C=O) groups excluding carboxylic acids is 1. The number of hydrogen-bond acceptors (Lipinski definition) is 4. The monoisotopic (exact) mass is 426 g/mol. The van der Waals surface area contributed by atoms with Crippen molar-refractivity contribution < 1.29 is 13.2 Å². The van der Waals surface area contributed by atoms with Gasteiger partial charge in [-0.3, -0.25) is 14.2 Å². The number of nitrogens with zero attached hydrogens (tertiary/aromatic N) is 2. The summed E-state index contributed by atoms with van der Waals surface area (Å²) in [6.07, 6.45) is 4.88. The lowest BCUT2D eigenvalue weighted by atomic mass is 10.1. The van der Waals surface area contributed by atoms with Crippen LogP contribution in [0.5, 0.6) is 0 Å². The van der Waals surface area contributed by atoms with Crippen LogP contribution in [0.2, 0.25) is 0 Å². The Morgan fingerprint density at radius 1 is 1.10 bits per heavy atom. The van der Waals surface area contributed by atoms with Crippen molar-refractivity contribution in [2.24, 2.45) is 7.05 Å². The summed E-state index contributed by atoms with van der Waals surface area (Å²) in [5, 5.41) is 6.76. The van der Waals surface area contributed by atoms with Crippen LogP contribution in [-0.4, -0.2) is 24.1 Å². The fourth-order valence-electron chi connectivity index (χ4n) is 3.03. The van der Waals surface area contributed by atoms with Gasteiger partial charge in [-0.05, 0) is 55.2 Å². The molecule has 1 amide bonds. The highest BCUT2D eigenvalue weighted by atomic mass is 32.2. The van der Waals surface area contributed by atoms with Crippen molar-refractivity contribution in [1.82, 2.24) is 9.78 Å². The number of amides is 1. The largest absolute Gasteiger partial charge is 0.305 e. The van der Waals surface area contributed by atoms with Gasteiger partial charge in [0.1, 0.15) is 0 Å². The molecule has 3 rings (SSSR count). The molecule has 2 aromatic carbocycles. The second-order valence-corrected chi connectivity index (χ2v) is 8.87. The van der Waals surface area contributed by atoms with Gasteiger partial charge >= 0.3 is 0 Å². The van der Waals surface area contributed by atoms with Crippen LogP contribution < -0.4 is 10.0 Å². The van der Waals surface area contributed by atoms with E-state index in [4.69, 9.17) is 0 Å². The molecule has 2 N–H and O–H groups in total. The Hall–Kier alpha value is -3.13. The third-order valence-electron chi connectivity index (χ3n) is 4.72. The number of benzene rings is 2. The number of hydrogen-bond donors (Lipinski definition) is 2. The molecule has 158 valence electrons. The Kier molecular flexibility index (Phi) is 6.56. The van der Waals surface area contributed by atoms with Crippen molar-refractivity contribution >= 4 is 27.4 Å². The molecule has 0 bridgehead atoms. The maximum atomic E-state index is 13.0. The zero-order chi connectivity index (χ0) is 21.7. The minimum Gasteiger partial charge on any atom is -0.305 e. The molecule has 1 heterocycles. The lowest BCUT2D eigenvalue weighted by Crippen LogP contribution is -2.17. The zero-order valence-electron chi connectivity index (χ0n) is 17.3. The van der Waals surface area contributed by atoms with Gasteiger partial charge in [-0.2, -0.15) is 5.10 Å². The summed E-state index contributed by atoms with van der Waals surface area (Å²) in [5.41, 5.74) is 2.44. The number of aryl methyl sites for hydroxylation is 3. The molecule has 0 spiro atoms. The summed E-state index contributed by atoms with van der Waals surface area (Å²) >= 11 is 0. The molecule has 0 atom stereocenters. The molecule has 8 heteroatoms. The number of carbonyl (C=O) groups is 1. The van der Waals surface area contributed by atoms with Gasteiger partial charge in [0.05, 0.1) is 4.90 Å². The Morgan fingerprint density at radius 3 is 2.47 bits per heavy atom. The van der Waals surface area contributed by atoms with Gasteiger partial charge in [0, 0.05) is 30.6 Å². The van der Waals surface area contributed by atoms with Gasteiger partial charge in [0.25, 0.3) is 15.9 Å². The second-order valence-electron chi connectivity index (χ2n) is 7.22. The fourth-order valence-corrected chi connectivity index (χ4v) is 4.36. The number of anilines is 2. The summed E-state index contributed by atoms with van der Waals surface area (Å²) in [7, 11) is -2.10. The van der Waals surface area contributed by atoms with E-state index in [0.717, 1.165) is 19.3 Å². The third-order valence-corrected chi connectivity index (χ3v) is 6.24. The minimum atomic E-state index is -3.85. The van der Waals surface area contributed by atoms with Gasteiger partial charge in [-0.1, -0.05) is 31.5 Å². The van der Waals surface area contributed by atoms with Crippen LogP contribution in [0.4, 0.5) is 11.5 Å². The number of rotatable bonds is 8. The van der Waals surface area contributed by atoms with E-state index in [1.807, 2.05) is 12.1 Å². The summed E-state index contributed by atoms with van der Waals surface area (Å²) < 4.78 is 30.1. The maximum Gasteiger partial charge on any atom is 0.262 e. The van der Waals surface area contributed by atoms with Crippen molar-refractivity contribution in [3.63, 3.8) is 0 Å². The van der Waals surface area contributed by atoms with Gasteiger partial charge in [0.15, 0.2) is 5.82 Å². The predicted molar refractivity (Wildman–Crippen MR) is 118 cm³/mol. The Bertz CT molecular complexity index is 1140. The Balaban J connectivity index is 1.79. The van der Waals surface area contributed by atoms with Gasteiger partial charge < -0.3 is 5.32 Å². The lowest BCUT2D eigenvalue weighted by Gasteiger charge is -2.12. The normalized spacial score (nSPS) is 11.3. The average Bonchev–Trinajstić information content (AvgIpc) is 3.12. The molecular weight excluding hydrogens is 400 g/mol. The predicted octanol–water partition coefficient (Wildman–Crippen LogP) is 4.12. The molecule has 7 nitrogen and oxygen atoms in total. The summed E-state index contributed by atoms with van der Waals surface area (Å²) in [6, 6.07) is 13.6. The molecule has 0 aliphatic rings. The number of unbranched alkanes of at least 4 members (excludes halogenated alkanes) is 1. The van der Waals surface area contributed by atoms with E-state index >= 15 is 0 Å². The highest BCUT2D eigenvalue weighted by molar-refractivity contribution is 7.92. The molecule has 30 heavy (non-hydrogen) atoms. The van der Waals surface area contributed by atoms with Crippen molar-refractivity contribution in [3.8, 4) is 0 Å². The highest BCUT2D eigenvalue weighted by Gasteiger charge is 2.20. The van der Waals surface area contributed by atoms with Crippen molar-refractivity contribution in [3.05, 3.63) is 71.4 Å². The number of nitrogens with one attached hydrogen (secondary N) is 2. The van der Waals surface area contributed by atoms with E-state index in [9.17, 15) is 13.2 Å². The topological polar surface area (TPSA) is 93.1 Å². The molecule has 0 aliphatic carbocycles. The van der Waals surface area contributed by atoms with E-state index < -0.39 is 15.9 Å². The van der Waals surface area contributed by atoms with Gasteiger partial charge in [0.2, 0.25) is 0 Å². The Morgan fingerprint density at radius 2 is 1.83 bits per heavy atom. The van der Waals surface area contributed by atoms with Crippen LogP contribution >= 0.6 is 0 Å². The molecule has 0 fully saturated rings. The molecule has 0 saturated carbocycles. The van der Waals surface area contributed by atoms with Crippen LogP contribution in [0.3, 0.4) is 0 Å². The standard InChI is InChI=1S/C22H26N4O3S/c1-4-5-6-17-8-11-19(12-9-17)25-30(28,29)20-15-18(10-7-16(20)2)22(27)23-21-13-14-26(3)24-21/h7-15,25H,4-6H2,1-3H3,(H,23,24,27). The van der Waals surface area contributed by atoms with Crippen LogP contribution in [-0.2, 0) is 23.5 Å². The summed E-state index contributed by atoms with van der Waals surface area (Å²) in [6.45, 7) is 3.83. The van der Waals surface area contributed by atoms with E-state index in [1.165, 1.54) is 11.6 Å². The lowest BCUT2D eigenvalue weighted by molar-refractivity contribution is 0.102. The quantitative estimate of drug-likeness (QED) is 0.566. The first-order valence-corrected chi connectivity index (χ1v) is 11.3.